The molecule has 4 heteroatoms. The summed E-state index contributed by atoms with van der Waals surface area (Å²) in [6.07, 6.45) is 3.82. The van der Waals surface area contributed by atoms with Crippen LogP contribution in [0.4, 0.5) is 0 Å². The zero-order chi connectivity index (χ0) is 22.3. The van der Waals surface area contributed by atoms with Crippen LogP contribution in [0.3, 0.4) is 0 Å². The summed E-state index contributed by atoms with van der Waals surface area (Å²) in [5.74, 6) is 0.908. The van der Waals surface area contributed by atoms with Gasteiger partial charge in [-0.05, 0) is 54.5 Å². The van der Waals surface area contributed by atoms with Crippen molar-refractivity contribution in [2.24, 2.45) is 5.92 Å². The highest BCUT2D eigenvalue weighted by atomic mass is 16.5. The zero-order valence-corrected chi connectivity index (χ0v) is 18.8. The van der Waals surface area contributed by atoms with E-state index in [1.54, 1.807) is 24.3 Å². The molecule has 0 aliphatic carbocycles. The molecule has 0 spiro atoms. The fourth-order valence-electron chi connectivity index (χ4n) is 3.52. The molecule has 2 rings (SSSR count). The van der Waals surface area contributed by atoms with E-state index >= 15 is 0 Å². The van der Waals surface area contributed by atoms with E-state index in [9.17, 15) is 15.3 Å². The van der Waals surface area contributed by atoms with Crippen LogP contribution in [0.5, 0.6) is 5.75 Å². The van der Waals surface area contributed by atoms with Gasteiger partial charge in [0.15, 0.2) is 6.29 Å². The SMILES string of the molecule is CCC(CC)(COc1ccc(C(O)O)cc1)c1ccc(C=CC(O)C(C)C)c(C)c1. The molecule has 30 heavy (non-hydrogen) atoms. The van der Waals surface area contributed by atoms with Crippen LogP contribution in [0.15, 0.2) is 48.5 Å². The number of hydrogen-bond acceptors (Lipinski definition) is 4. The lowest BCUT2D eigenvalue weighted by atomic mass is 9.75. The molecule has 0 heterocycles. The molecular weight excluding hydrogens is 376 g/mol. The van der Waals surface area contributed by atoms with Crippen LogP contribution >= 0.6 is 0 Å². The third kappa shape index (κ3) is 5.94. The summed E-state index contributed by atoms with van der Waals surface area (Å²) in [5.41, 5.74) is 3.86. The molecule has 0 saturated heterocycles. The van der Waals surface area contributed by atoms with Crippen LogP contribution in [0.25, 0.3) is 6.08 Å². The van der Waals surface area contributed by atoms with Gasteiger partial charge in [-0.1, -0.05) is 70.2 Å². The molecule has 4 nitrogen and oxygen atoms in total. The minimum Gasteiger partial charge on any atom is -0.493 e. The second-order valence-electron chi connectivity index (χ2n) is 8.38. The fourth-order valence-corrected chi connectivity index (χ4v) is 3.52. The lowest BCUT2D eigenvalue weighted by molar-refractivity contribution is -0.0425. The Labute approximate surface area is 180 Å². The van der Waals surface area contributed by atoms with Crippen LogP contribution in [0, 0.1) is 12.8 Å². The quantitative estimate of drug-likeness (QED) is 0.472. The molecule has 0 bridgehead atoms. The largest absolute Gasteiger partial charge is 0.493 e. The third-order valence-electron chi connectivity index (χ3n) is 6.09. The van der Waals surface area contributed by atoms with Gasteiger partial charge in [0.05, 0.1) is 12.7 Å². The van der Waals surface area contributed by atoms with E-state index < -0.39 is 12.4 Å². The van der Waals surface area contributed by atoms with E-state index in [4.69, 9.17) is 4.74 Å². The third-order valence-corrected chi connectivity index (χ3v) is 6.09. The first kappa shape index (κ1) is 24.1. The van der Waals surface area contributed by atoms with Crippen molar-refractivity contribution < 1.29 is 20.1 Å². The lowest BCUT2D eigenvalue weighted by Gasteiger charge is -2.33. The van der Waals surface area contributed by atoms with Gasteiger partial charge in [-0.2, -0.15) is 0 Å². The van der Waals surface area contributed by atoms with Gasteiger partial charge in [0.25, 0.3) is 0 Å². The van der Waals surface area contributed by atoms with Gasteiger partial charge < -0.3 is 20.1 Å². The first-order chi connectivity index (χ1) is 14.2. The number of rotatable bonds is 10. The van der Waals surface area contributed by atoms with E-state index in [0.29, 0.717) is 17.9 Å². The predicted molar refractivity (Wildman–Crippen MR) is 122 cm³/mol. The van der Waals surface area contributed by atoms with Gasteiger partial charge in [-0.3, -0.25) is 0 Å². The van der Waals surface area contributed by atoms with Crippen LogP contribution in [-0.4, -0.2) is 28.0 Å². The van der Waals surface area contributed by atoms with Crippen LogP contribution in [-0.2, 0) is 5.41 Å². The zero-order valence-electron chi connectivity index (χ0n) is 18.8. The maximum Gasteiger partial charge on any atom is 0.178 e. The Morgan fingerprint density at radius 3 is 2.10 bits per heavy atom. The van der Waals surface area contributed by atoms with Crippen molar-refractivity contribution in [3.05, 3.63) is 70.8 Å². The molecule has 0 fully saturated rings. The smallest absolute Gasteiger partial charge is 0.178 e. The second-order valence-corrected chi connectivity index (χ2v) is 8.38. The van der Waals surface area contributed by atoms with Crippen molar-refractivity contribution >= 4 is 6.08 Å². The summed E-state index contributed by atoms with van der Waals surface area (Å²) in [6, 6.07) is 13.4. The van der Waals surface area contributed by atoms with Crippen LogP contribution in [0.2, 0.25) is 0 Å². The highest BCUT2D eigenvalue weighted by Crippen LogP contribution is 2.34. The summed E-state index contributed by atoms with van der Waals surface area (Å²) in [6.45, 7) is 11.0. The Balaban J connectivity index is 2.20. The molecule has 0 aromatic heterocycles. The standard InChI is InChI=1S/C26H36O4/c1-6-26(7-2,17-30-23-13-9-21(10-14-23)25(28)29)22-12-8-20(19(5)16-22)11-15-24(27)18(3)4/h8-16,18,24-25,27-29H,6-7,17H2,1-5H3. The highest BCUT2D eigenvalue weighted by Gasteiger charge is 2.30. The second kappa shape index (κ2) is 10.8. The topological polar surface area (TPSA) is 69.9 Å². The minimum absolute atomic E-state index is 0.111. The Bertz CT molecular complexity index is 817. The van der Waals surface area contributed by atoms with E-state index in [2.05, 4.69) is 39.0 Å². The monoisotopic (exact) mass is 412 g/mol. The number of ether oxygens (including phenoxy) is 1. The van der Waals surface area contributed by atoms with Gasteiger partial charge in [0.2, 0.25) is 0 Å². The number of aryl methyl sites for hydroxylation is 1. The molecule has 0 aliphatic rings. The lowest BCUT2D eigenvalue weighted by Crippen LogP contribution is -2.32. The highest BCUT2D eigenvalue weighted by molar-refractivity contribution is 5.55. The molecule has 3 N–H and O–H groups in total. The van der Waals surface area contributed by atoms with Crippen molar-refractivity contribution in [1.82, 2.24) is 0 Å². The molecule has 0 saturated carbocycles. The molecule has 1 atom stereocenters. The van der Waals surface area contributed by atoms with Crippen molar-refractivity contribution in [3.8, 4) is 5.75 Å². The van der Waals surface area contributed by atoms with E-state index in [1.807, 2.05) is 26.0 Å². The molecular formula is C26H36O4. The molecule has 2 aromatic rings. The number of hydrogen-bond donors (Lipinski definition) is 3. The van der Waals surface area contributed by atoms with Crippen LogP contribution in [0.1, 0.15) is 69.1 Å². The summed E-state index contributed by atoms with van der Waals surface area (Å²) in [5, 5.41) is 28.5. The Kier molecular flexibility index (Phi) is 8.65. The minimum atomic E-state index is -1.47. The number of aliphatic hydroxyl groups excluding tert-OH is 2. The molecule has 0 radical (unpaired) electrons. The number of benzene rings is 2. The molecule has 0 amide bonds. The molecule has 0 aliphatic heterocycles. The van der Waals surface area contributed by atoms with Crippen molar-refractivity contribution in [2.75, 3.05) is 6.61 Å². The summed E-state index contributed by atoms with van der Waals surface area (Å²) in [4.78, 5) is 0. The molecule has 2 aromatic carbocycles. The van der Waals surface area contributed by atoms with Crippen LogP contribution < -0.4 is 4.74 Å². The van der Waals surface area contributed by atoms with E-state index in [1.165, 1.54) is 11.1 Å². The Morgan fingerprint density at radius 1 is 0.967 bits per heavy atom. The van der Waals surface area contributed by atoms with Gasteiger partial charge in [-0.15, -0.1) is 0 Å². The van der Waals surface area contributed by atoms with Gasteiger partial charge in [0.1, 0.15) is 5.75 Å². The van der Waals surface area contributed by atoms with Crippen molar-refractivity contribution in [1.29, 1.82) is 0 Å². The summed E-state index contributed by atoms with van der Waals surface area (Å²) < 4.78 is 6.11. The normalized spacial score (nSPS) is 13.4. The molecule has 1 unspecified atom stereocenters. The van der Waals surface area contributed by atoms with Gasteiger partial charge in [-0.25, -0.2) is 0 Å². The first-order valence-electron chi connectivity index (χ1n) is 10.8. The van der Waals surface area contributed by atoms with Crippen molar-refractivity contribution in [3.63, 3.8) is 0 Å². The Hall–Kier alpha value is -2.14. The summed E-state index contributed by atoms with van der Waals surface area (Å²) in [7, 11) is 0. The predicted octanol–water partition coefficient (Wildman–Crippen LogP) is 5.15. The average molecular weight is 413 g/mol. The fraction of sp³-hybridized carbons (Fsp3) is 0.462. The van der Waals surface area contributed by atoms with E-state index in [0.717, 1.165) is 18.4 Å². The summed E-state index contributed by atoms with van der Waals surface area (Å²) >= 11 is 0. The maximum absolute atomic E-state index is 10.0. The number of aliphatic hydroxyl groups is 3. The van der Waals surface area contributed by atoms with Gasteiger partial charge in [0, 0.05) is 11.0 Å². The van der Waals surface area contributed by atoms with Crippen molar-refractivity contribution in [2.45, 2.75) is 65.3 Å². The van der Waals surface area contributed by atoms with Gasteiger partial charge >= 0.3 is 0 Å². The van der Waals surface area contributed by atoms with E-state index in [-0.39, 0.29) is 11.3 Å². The first-order valence-corrected chi connectivity index (χ1v) is 10.8. The molecule has 164 valence electrons. The Morgan fingerprint density at radius 2 is 1.60 bits per heavy atom. The maximum atomic E-state index is 10.0. The average Bonchev–Trinajstić information content (AvgIpc) is 2.74.